The Bertz CT molecular complexity index is 489. The molecule has 0 bridgehead atoms. The molecule has 1 aromatic rings. The van der Waals surface area contributed by atoms with Gasteiger partial charge >= 0.3 is 12.5 Å². The maximum absolute atomic E-state index is 12.4. The summed E-state index contributed by atoms with van der Waals surface area (Å²) in [5.41, 5.74) is -3.07. The van der Waals surface area contributed by atoms with Crippen molar-refractivity contribution in [1.29, 1.82) is 0 Å². The highest BCUT2D eigenvalue weighted by Crippen LogP contribution is 2.40. The Balaban J connectivity index is 3.45. The van der Waals surface area contributed by atoms with Crippen molar-refractivity contribution in [3.63, 3.8) is 0 Å². The van der Waals surface area contributed by atoms with E-state index < -0.39 is 35.2 Å². The number of aromatic nitrogens is 1. The number of halogens is 6. The summed E-state index contributed by atoms with van der Waals surface area (Å²) >= 11 is 0. The van der Waals surface area contributed by atoms with E-state index in [1.807, 2.05) is 0 Å². The average molecular weight is 277 g/mol. The third kappa shape index (κ3) is 3.08. The summed E-state index contributed by atoms with van der Waals surface area (Å²) in [6.07, 6.45) is -10.1. The number of alkyl halides is 6. The van der Waals surface area contributed by atoms with Gasteiger partial charge in [0.2, 0.25) is 5.75 Å². The SMILES string of the molecule is COc1c(C(F)(F)F)c[nH]c(=O)c1OC(F)(F)F. The van der Waals surface area contributed by atoms with Crippen molar-refractivity contribution in [3.05, 3.63) is 22.1 Å². The number of pyridine rings is 1. The number of H-pyrrole nitrogens is 1. The van der Waals surface area contributed by atoms with Crippen LogP contribution in [0.25, 0.3) is 0 Å². The molecule has 18 heavy (non-hydrogen) atoms. The molecule has 0 saturated carbocycles. The van der Waals surface area contributed by atoms with Crippen LogP contribution in [-0.2, 0) is 6.18 Å². The van der Waals surface area contributed by atoms with E-state index in [-0.39, 0.29) is 6.20 Å². The number of ether oxygens (including phenoxy) is 2. The fraction of sp³-hybridized carbons (Fsp3) is 0.375. The highest BCUT2D eigenvalue weighted by atomic mass is 19.4. The second-order valence-corrected chi connectivity index (χ2v) is 2.94. The normalized spacial score (nSPS) is 12.4. The molecular weight excluding hydrogens is 272 g/mol. The Kier molecular flexibility index (Phi) is 3.49. The zero-order chi connectivity index (χ0) is 14.1. The fourth-order valence-corrected chi connectivity index (χ4v) is 1.12. The van der Waals surface area contributed by atoms with Gasteiger partial charge in [-0.25, -0.2) is 0 Å². The molecule has 0 aliphatic carbocycles. The van der Waals surface area contributed by atoms with E-state index in [2.05, 4.69) is 9.47 Å². The summed E-state index contributed by atoms with van der Waals surface area (Å²) in [5, 5.41) is 0. The lowest BCUT2D eigenvalue weighted by Gasteiger charge is -2.15. The first-order chi connectivity index (χ1) is 8.06. The number of nitrogens with one attached hydrogen (secondary N) is 1. The first-order valence-electron chi connectivity index (χ1n) is 4.19. The molecule has 1 heterocycles. The van der Waals surface area contributed by atoms with Gasteiger partial charge in [-0.15, -0.1) is 13.2 Å². The maximum Gasteiger partial charge on any atom is 0.573 e. The molecule has 0 saturated heterocycles. The number of hydrogen-bond donors (Lipinski definition) is 1. The van der Waals surface area contributed by atoms with Gasteiger partial charge in [0.15, 0.2) is 5.75 Å². The van der Waals surface area contributed by atoms with Crippen molar-refractivity contribution in [2.75, 3.05) is 7.11 Å². The monoisotopic (exact) mass is 277 g/mol. The predicted octanol–water partition coefficient (Wildman–Crippen LogP) is 2.30. The lowest BCUT2D eigenvalue weighted by atomic mass is 10.2. The predicted molar refractivity (Wildman–Crippen MR) is 45.3 cm³/mol. The standard InChI is InChI=1S/C8H5F6NO3/c1-17-4-3(7(9,10)11)2-15-6(16)5(4)18-8(12,13)14/h2H,1H3,(H,15,16). The molecule has 1 aromatic heterocycles. The van der Waals surface area contributed by atoms with Gasteiger partial charge in [-0.1, -0.05) is 0 Å². The van der Waals surface area contributed by atoms with Crippen LogP contribution in [0.15, 0.2) is 11.0 Å². The molecule has 0 atom stereocenters. The summed E-state index contributed by atoms with van der Waals surface area (Å²) in [6, 6.07) is 0. The molecular formula is C8H5F6NO3. The number of hydrogen-bond acceptors (Lipinski definition) is 3. The van der Waals surface area contributed by atoms with Gasteiger partial charge in [-0.3, -0.25) is 4.79 Å². The smallest absolute Gasteiger partial charge is 0.492 e. The van der Waals surface area contributed by atoms with Crippen LogP contribution in [0.1, 0.15) is 5.56 Å². The minimum Gasteiger partial charge on any atom is -0.492 e. The van der Waals surface area contributed by atoms with Crippen LogP contribution in [0.3, 0.4) is 0 Å². The summed E-state index contributed by atoms with van der Waals surface area (Å²) in [4.78, 5) is 12.5. The molecule has 0 aliphatic heterocycles. The van der Waals surface area contributed by atoms with Gasteiger partial charge in [0.1, 0.15) is 5.56 Å². The van der Waals surface area contributed by atoms with Crippen LogP contribution in [0.5, 0.6) is 11.5 Å². The van der Waals surface area contributed by atoms with Crippen LogP contribution in [0.2, 0.25) is 0 Å². The number of aromatic amines is 1. The minimum absolute atomic E-state index is 0.199. The Morgan fingerprint density at radius 1 is 1.11 bits per heavy atom. The van der Waals surface area contributed by atoms with Gasteiger partial charge < -0.3 is 14.5 Å². The molecule has 0 amide bonds. The Morgan fingerprint density at radius 2 is 1.67 bits per heavy atom. The van der Waals surface area contributed by atoms with Gasteiger partial charge in [0.25, 0.3) is 5.56 Å². The molecule has 102 valence electrons. The van der Waals surface area contributed by atoms with Gasteiger partial charge in [-0.2, -0.15) is 13.2 Å². The Hall–Kier alpha value is -1.87. The molecule has 4 nitrogen and oxygen atoms in total. The molecule has 0 aliphatic rings. The fourth-order valence-electron chi connectivity index (χ4n) is 1.12. The van der Waals surface area contributed by atoms with Crippen LogP contribution in [-0.4, -0.2) is 18.5 Å². The van der Waals surface area contributed by atoms with Gasteiger partial charge in [-0.05, 0) is 0 Å². The summed E-state index contributed by atoms with van der Waals surface area (Å²) in [7, 11) is 0.688. The molecule has 1 N–H and O–H groups in total. The quantitative estimate of drug-likeness (QED) is 0.844. The van der Waals surface area contributed by atoms with Crippen LogP contribution < -0.4 is 15.0 Å². The second-order valence-electron chi connectivity index (χ2n) is 2.94. The van der Waals surface area contributed by atoms with Crippen LogP contribution >= 0.6 is 0 Å². The molecule has 0 unspecified atom stereocenters. The van der Waals surface area contributed by atoms with Crippen molar-refractivity contribution in [1.82, 2.24) is 4.98 Å². The molecule has 1 rings (SSSR count). The summed E-state index contributed by atoms with van der Waals surface area (Å²) in [5.74, 6) is -2.93. The molecule has 0 spiro atoms. The van der Waals surface area contributed by atoms with Gasteiger partial charge in [0.05, 0.1) is 7.11 Å². The zero-order valence-corrected chi connectivity index (χ0v) is 8.57. The molecule has 0 fully saturated rings. The highest BCUT2D eigenvalue weighted by Gasteiger charge is 2.40. The van der Waals surface area contributed by atoms with Crippen molar-refractivity contribution in [2.45, 2.75) is 12.5 Å². The van der Waals surface area contributed by atoms with Crippen molar-refractivity contribution in [2.24, 2.45) is 0 Å². The van der Waals surface area contributed by atoms with Gasteiger partial charge in [0, 0.05) is 6.20 Å². The first kappa shape index (κ1) is 14.2. The lowest BCUT2D eigenvalue weighted by molar-refractivity contribution is -0.275. The van der Waals surface area contributed by atoms with E-state index in [1.54, 1.807) is 0 Å². The topological polar surface area (TPSA) is 51.3 Å². The molecule has 0 aromatic carbocycles. The number of rotatable bonds is 2. The third-order valence-corrected chi connectivity index (χ3v) is 1.73. The summed E-state index contributed by atoms with van der Waals surface area (Å²) < 4.78 is 80.6. The van der Waals surface area contributed by atoms with Crippen molar-refractivity contribution in [3.8, 4) is 11.5 Å². The average Bonchev–Trinajstić information content (AvgIpc) is 2.17. The van der Waals surface area contributed by atoms with Crippen molar-refractivity contribution < 1.29 is 35.8 Å². The maximum atomic E-state index is 12.4. The highest BCUT2D eigenvalue weighted by molar-refractivity contribution is 5.45. The van der Waals surface area contributed by atoms with E-state index in [9.17, 15) is 31.1 Å². The number of methoxy groups -OCH3 is 1. The van der Waals surface area contributed by atoms with Crippen LogP contribution in [0.4, 0.5) is 26.3 Å². The van der Waals surface area contributed by atoms with E-state index >= 15 is 0 Å². The molecule has 0 radical (unpaired) electrons. The summed E-state index contributed by atoms with van der Waals surface area (Å²) in [6.45, 7) is 0. The van der Waals surface area contributed by atoms with E-state index in [4.69, 9.17) is 0 Å². The van der Waals surface area contributed by atoms with Crippen molar-refractivity contribution >= 4 is 0 Å². The van der Waals surface area contributed by atoms with E-state index in [1.165, 1.54) is 4.98 Å². The largest absolute Gasteiger partial charge is 0.573 e. The second kappa shape index (κ2) is 4.42. The van der Waals surface area contributed by atoms with E-state index in [0.29, 0.717) is 7.11 Å². The zero-order valence-electron chi connectivity index (χ0n) is 8.57. The molecule has 10 heteroatoms. The van der Waals surface area contributed by atoms with E-state index in [0.717, 1.165) is 0 Å². The first-order valence-corrected chi connectivity index (χ1v) is 4.19. The minimum atomic E-state index is -5.31. The third-order valence-electron chi connectivity index (χ3n) is 1.73. The lowest BCUT2D eigenvalue weighted by Crippen LogP contribution is -2.25. The Morgan fingerprint density at radius 3 is 2.06 bits per heavy atom. The van der Waals surface area contributed by atoms with Crippen LogP contribution in [0, 0.1) is 0 Å². The Labute approximate surface area is 95.1 Å².